The molecule has 0 aliphatic rings. The summed E-state index contributed by atoms with van der Waals surface area (Å²) in [6, 6.07) is 14.8. The van der Waals surface area contributed by atoms with Crippen LogP contribution >= 0.6 is 0 Å². The molecule has 3 aromatic rings. The van der Waals surface area contributed by atoms with Crippen molar-refractivity contribution < 1.29 is 14.3 Å². The summed E-state index contributed by atoms with van der Waals surface area (Å²) in [4.78, 5) is 16.0. The van der Waals surface area contributed by atoms with E-state index in [1.54, 1.807) is 18.3 Å². The van der Waals surface area contributed by atoms with Crippen molar-refractivity contribution in [3.05, 3.63) is 65.9 Å². The number of carbonyl (C=O) groups is 1. The fourth-order valence-corrected chi connectivity index (χ4v) is 2.23. The minimum atomic E-state index is -0.385. The lowest BCUT2D eigenvalue weighted by molar-refractivity contribution is 0.0600. The van der Waals surface area contributed by atoms with Crippen molar-refractivity contribution in [1.82, 2.24) is 4.98 Å². The first-order valence-electron chi connectivity index (χ1n) is 6.89. The molecule has 0 radical (unpaired) electrons. The lowest BCUT2D eigenvalue weighted by atomic mass is 10.1. The van der Waals surface area contributed by atoms with Gasteiger partial charge in [-0.25, -0.2) is 4.79 Å². The maximum Gasteiger partial charge on any atom is 0.337 e. The number of benzene rings is 2. The molecule has 0 fully saturated rings. The smallest absolute Gasteiger partial charge is 0.337 e. The van der Waals surface area contributed by atoms with Gasteiger partial charge in [0.05, 0.1) is 18.2 Å². The molecule has 0 aliphatic carbocycles. The SMILES string of the molecule is COC(=O)c1ccc(C)c(Oc2ccnc3ccccc23)c1. The first-order valence-corrected chi connectivity index (χ1v) is 6.89. The van der Waals surface area contributed by atoms with Gasteiger partial charge in [0, 0.05) is 11.6 Å². The molecule has 0 saturated heterocycles. The van der Waals surface area contributed by atoms with E-state index in [2.05, 4.69) is 4.98 Å². The number of ether oxygens (including phenoxy) is 2. The second-order valence-corrected chi connectivity index (χ2v) is 4.90. The zero-order valence-corrected chi connectivity index (χ0v) is 12.4. The van der Waals surface area contributed by atoms with Gasteiger partial charge in [0.1, 0.15) is 11.5 Å². The van der Waals surface area contributed by atoms with Gasteiger partial charge in [-0.3, -0.25) is 4.98 Å². The van der Waals surface area contributed by atoms with Gasteiger partial charge in [0.15, 0.2) is 0 Å². The Morgan fingerprint density at radius 2 is 1.86 bits per heavy atom. The first kappa shape index (κ1) is 14.1. The molecule has 0 bridgehead atoms. The Morgan fingerprint density at radius 1 is 1.05 bits per heavy atom. The molecule has 4 heteroatoms. The van der Waals surface area contributed by atoms with E-state index >= 15 is 0 Å². The zero-order valence-electron chi connectivity index (χ0n) is 12.4. The quantitative estimate of drug-likeness (QED) is 0.681. The Hall–Kier alpha value is -2.88. The average molecular weight is 293 g/mol. The number of rotatable bonds is 3. The summed E-state index contributed by atoms with van der Waals surface area (Å²) in [5.41, 5.74) is 2.26. The van der Waals surface area contributed by atoms with E-state index in [0.717, 1.165) is 16.5 Å². The van der Waals surface area contributed by atoms with Crippen molar-refractivity contribution in [3.8, 4) is 11.5 Å². The van der Waals surface area contributed by atoms with Gasteiger partial charge in [-0.1, -0.05) is 18.2 Å². The number of aromatic nitrogens is 1. The first-order chi connectivity index (χ1) is 10.7. The number of hydrogen-bond donors (Lipinski definition) is 0. The van der Waals surface area contributed by atoms with E-state index in [9.17, 15) is 4.79 Å². The number of para-hydroxylation sites is 1. The van der Waals surface area contributed by atoms with E-state index in [0.29, 0.717) is 17.1 Å². The maximum absolute atomic E-state index is 11.7. The standard InChI is InChI=1S/C18H15NO3/c1-12-7-8-13(18(20)21-2)11-17(12)22-16-9-10-19-15-6-4-3-5-14(15)16/h3-11H,1-2H3. The predicted octanol–water partition coefficient (Wildman–Crippen LogP) is 4.12. The van der Waals surface area contributed by atoms with Crippen LogP contribution in [0.3, 0.4) is 0 Å². The van der Waals surface area contributed by atoms with Crippen molar-refractivity contribution in [3.63, 3.8) is 0 Å². The summed E-state index contributed by atoms with van der Waals surface area (Å²) < 4.78 is 10.8. The van der Waals surface area contributed by atoms with Gasteiger partial charge >= 0.3 is 5.97 Å². The average Bonchev–Trinajstić information content (AvgIpc) is 2.56. The van der Waals surface area contributed by atoms with Crippen LogP contribution in [0.4, 0.5) is 0 Å². The molecule has 2 aromatic carbocycles. The minimum Gasteiger partial charge on any atom is -0.465 e. The van der Waals surface area contributed by atoms with E-state index in [1.807, 2.05) is 43.3 Å². The molecule has 4 nitrogen and oxygen atoms in total. The zero-order chi connectivity index (χ0) is 15.5. The molecule has 0 amide bonds. The molecule has 0 unspecified atom stereocenters. The molecule has 0 aliphatic heterocycles. The lowest BCUT2D eigenvalue weighted by Crippen LogP contribution is -2.01. The number of methoxy groups -OCH3 is 1. The summed E-state index contributed by atoms with van der Waals surface area (Å²) >= 11 is 0. The highest BCUT2D eigenvalue weighted by atomic mass is 16.5. The highest BCUT2D eigenvalue weighted by Crippen LogP contribution is 2.31. The van der Waals surface area contributed by atoms with Gasteiger partial charge in [0.2, 0.25) is 0 Å². The van der Waals surface area contributed by atoms with Crippen molar-refractivity contribution in [2.75, 3.05) is 7.11 Å². The molecule has 0 atom stereocenters. The molecule has 1 heterocycles. The number of hydrogen-bond acceptors (Lipinski definition) is 4. The van der Waals surface area contributed by atoms with E-state index in [4.69, 9.17) is 9.47 Å². The Kier molecular flexibility index (Phi) is 3.74. The van der Waals surface area contributed by atoms with Crippen molar-refractivity contribution in [2.45, 2.75) is 6.92 Å². The Labute approximate surface area is 128 Å². The third-order valence-corrected chi connectivity index (χ3v) is 3.44. The van der Waals surface area contributed by atoms with Gasteiger partial charge in [-0.15, -0.1) is 0 Å². The van der Waals surface area contributed by atoms with E-state index in [-0.39, 0.29) is 5.97 Å². The van der Waals surface area contributed by atoms with Crippen LogP contribution in [-0.2, 0) is 4.74 Å². The van der Waals surface area contributed by atoms with Crippen LogP contribution in [0.25, 0.3) is 10.9 Å². The second kappa shape index (κ2) is 5.85. The van der Waals surface area contributed by atoms with Crippen molar-refractivity contribution in [2.24, 2.45) is 0 Å². The third kappa shape index (κ3) is 2.63. The highest BCUT2D eigenvalue weighted by molar-refractivity contribution is 5.90. The Morgan fingerprint density at radius 3 is 2.68 bits per heavy atom. The summed E-state index contributed by atoms with van der Waals surface area (Å²) in [5, 5.41) is 0.924. The molecule has 0 N–H and O–H groups in total. The molecular formula is C18H15NO3. The van der Waals surface area contributed by atoms with Gasteiger partial charge in [-0.05, 0) is 42.8 Å². The number of carbonyl (C=O) groups excluding carboxylic acids is 1. The molecular weight excluding hydrogens is 278 g/mol. The summed E-state index contributed by atoms with van der Waals surface area (Å²) in [6.07, 6.45) is 1.71. The van der Waals surface area contributed by atoms with Crippen LogP contribution in [0.2, 0.25) is 0 Å². The van der Waals surface area contributed by atoms with Gasteiger partial charge < -0.3 is 9.47 Å². The largest absolute Gasteiger partial charge is 0.465 e. The topological polar surface area (TPSA) is 48.4 Å². The van der Waals surface area contributed by atoms with Crippen LogP contribution in [-0.4, -0.2) is 18.1 Å². The number of pyridine rings is 1. The van der Waals surface area contributed by atoms with Gasteiger partial charge in [0.25, 0.3) is 0 Å². The summed E-state index contributed by atoms with van der Waals surface area (Å²) in [5.74, 6) is 0.944. The molecule has 110 valence electrons. The lowest BCUT2D eigenvalue weighted by Gasteiger charge is -2.12. The molecule has 3 rings (SSSR count). The molecule has 1 aromatic heterocycles. The second-order valence-electron chi connectivity index (χ2n) is 4.90. The monoisotopic (exact) mass is 293 g/mol. The third-order valence-electron chi connectivity index (χ3n) is 3.44. The molecule has 22 heavy (non-hydrogen) atoms. The van der Waals surface area contributed by atoms with Gasteiger partial charge in [-0.2, -0.15) is 0 Å². The Balaban J connectivity index is 2.03. The fraction of sp³-hybridized carbons (Fsp3) is 0.111. The van der Waals surface area contributed by atoms with E-state index < -0.39 is 0 Å². The van der Waals surface area contributed by atoms with Crippen molar-refractivity contribution >= 4 is 16.9 Å². The maximum atomic E-state index is 11.7. The van der Waals surface area contributed by atoms with Crippen LogP contribution in [0.1, 0.15) is 15.9 Å². The molecule has 0 spiro atoms. The van der Waals surface area contributed by atoms with Crippen LogP contribution in [0, 0.1) is 6.92 Å². The molecule has 0 saturated carbocycles. The van der Waals surface area contributed by atoms with Crippen LogP contribution in [0.5, 0.6) is 11.5 Å². The van der Waals surface area contributed by atoms with Crippen LogP contribution < -0.4 is 4.74 Å². The number of esters is 1. The van der Waals surface area contributed by atoms with E-state index in [1.165, 1.54) is 7.11 Å². The Bertz CT molecular complexity index is 837. The van der Waals surface area contributed by atoms with Crippen LogP contribution in [0.15, 0.2) is 54.7 Å². The number of aryl methyl sites for hydroxylation is 1. The number of nitrogens with zero attached hydrogens (tertiary/aromatic N) is 1. The highest BCUT2D eigenvalue weighted by Gasteiger charge is 2.11. The summed E-state index contributed by atoms with van der Waals surface area (Å²) in [7, 11) is 1.36. The predicted molar refractivity (Wildman–Crippen MR) is 84.3 cm³/mol. The van der Waals surface area contributed by atoms with Crippen molar-refractivity contribution in [1.29, 1.82) is 0 Å². The fourth-order valence-electron chi connectivity index (χ4n) is 2.23. The summed E-state index contributed by atoms with van der Waals surface area (Å²) in [6.45, 7) is 1.93. The normalized spacial score (nSPS) is 10.5. The minimum absolute atomic E-state index is 0.385. The number of fused-ring (bicyclic) bond motifs is 1.